The standard InChI is InChI=1S/C16H18ClNO/c1-12(10-11-18)13-6-8-14(9-7-13)19-16-5-3-2-4-15(16)17/h2-9,12H,10-11,18H2,1H3. The van der Waals surface area contributed by atoms with E-state index < -0.39 is 0 Å². The topological polar surface area (TPSA) is 35.2 Å². The Morgan fingerprint density at radius 2 is 1.79 bits per heavy atom. The minimum absolute atomic E-state index is 0.472. The second-order valence-electron chi connectivity index (χ2n) is 4.58. The van der Waals surface area contributed by atoms with Crippen LogP contribution in [0, 0.1) is 0 Å². The molecule has 0 amide bonds. The van der Waals surface area contributed by atoms with Crippen LogP contribution in [0.1, 0.15) is 24.8 Å². The van der Waals surface area contributed by atoms with Gasteiger partial charge in [0.25, 0.3) is 0 Å². The second-order valence-corrected chi connectivity index (χ2v) is 4.99. The number of hydrogen-bond acceptors (Lipinski definition) is 2. The van der Waals surface area contributed by atoms with Gasteiger partial charge in [-0.1, -0.05) is 42.8 Å². The van der Waals surface area contributed by atoms with Gasteiger partial charge < -0.3 is 10.5 Å². The van der Waals surface area contributed by atoms with Gasteiger partial charge in [0.1, 0.15) is 11.5 Å². The average molecular weight is 276 g/mol. The number of ether oxygens (including phenoxy) is 1. The van der Waals surface area contributed by atoms with E-state index in [0.29, 0.717) is 23.2 Å². The molecule has 19 heavy (non-hydrogen) atoms. The van der Waals surface area contributed by atoms with E-state index in [-0.39, 0.29) is 0 Å². The lowest BCUT2D eigenvalue weighted by Gasteiger charge is -2.12. The van der Waals surface area contributed by atoms with Crippen molar-refractivity contribution >= 4 is 11.6 Å². The van der Waals surface area contributed by atoms with E-state index >= 15 is 0 Å². The summed E-state index contributed by atoms with van der Waals surface area (Å²) < 4.78 is 5.75. The molecular weight excluding hydrogens is 258 g/mol. The molecule has 0 saturated carbocycles. The highest BCUT2D eigenvalue weighted by Gasteiger charge is 2.06. The molecule has 2 nitrogen and oxygen atoms in total. The highest BCUT2D eigenvalue weighted by molar-refractivity contribution is 6.32. The van der Waals surface area contributed by atoms with Crippen LogP contribution < -0.4 is 10.5 Å². The Kier molecular flexibility index (Phi) is 4.83. The Bertz CT molecular complexity index is 525. The van der Waals surface area contributed by atoms with Crippen LogP contribution in [-0.2, 0) is 0 Å². The van der Waals surface area contributed by atoms with Crippen molar-refractivity contribution in [3.63, 3.8) is 0 Å². The number of hydrogen-bond donors (Lipinski definition) is 1. The van der Waals surface area contributed by atoms with E-state index in [1.807, 2.05) is 36.4 Å². The highest BCUT2D eigenvalue weighted by atomic mass is 35.5. The zero-order valence-corrected chi connectivity index (χ0v) is 11.7. The van der Waals surface area contributed by atoms with Gasteiger partial charge >= 0.3 is 0 Å². The van der Waals surface area contributed by atoms with E-state index in [9.17, 15) is 0 Å². The summed E-state index contributed by atoms with van der Waals surface area (Å²) in [6, 6.07) is 15.5. The summed E-state index contributed by atoms with van der Waals surface area (Å²) in [5.41, 5.74) is 6.85. The van der Waals surface area contributed by atoms with E-state index in [0.717, 1.165) is 12.2 Å². The lowest BCUT2D eigenvalue weighted by atomic mass is 9.98. The Labute approximate surface area is 119 Å². The van der Waals surface area contributed by atoms with Gasteiger partial charge in [-0.15, -0.1) is 0 Å². The smallest absolute Gasteiger partial charge is 0.146 e. The third-order valence-electron chi connectivity index (χ3n) is 3.11. The van der Waals surface area contributed by atoms with Crippen molar-refractivity contribution in [2.24, 2.45) is 5.73 Å². The van der Waals surface area contributed by atoms with Crippen LogP contribution in [-0.4, -0.2) is 6.54 Å². The van der Waals surface area contributed by atoms with Crippen molar-refractivity contribution in [1.82, 2.24) is 0 Å². The van der Waals surface area contributed by atoms with Crippen molar-refractivity contribution in [2.75, 3.05) is 6.54 Å². The fourth-order valence-electron chi connectivity index (χ4n) is 1.94. The van der Waals surface area contributed by atoms with E-state index in [2.05, 4.69) is 19.1 Å². The predicted molar refractivity (Wildman–Crippen MR) is 80.1 cm³/mol. The van der Waals surface area contributed by atoms with E-state index in [1.165, 1.54) is 5.56 Å². The maximum Gasteiger partial charge on any atom is 0.146 e. The Balaban J connectivity index is 2.09. The first-order valence-corrected chi connectivity index (χ1v) is 6.81. The first kappa shape index (κ1) is 13.9. The van der Waals surface area contributed by atoms with Crippen molar-refractivity contribution in [3.05, 3.63) is 59.1 Å². The monoisotopic (exact) mass is 275 g/mol. The van der Waals surface area contributed by atoms with Crippen LogP contribution in [0.2, 0.25) is 5.02 Å². The van der Waals surface area contributed by atoms with Crippen LogP contribution in [0.25, 0.3) is 0 Å². The molecule has 2 aromatic rings. The zero-order valence-electron chi connectivity index (χ0n) is 11.0. The maximum atomic E-state index is 6.06. The summed E-state index contributed by atoms with van der Waals surface area (Å²) in [4.78, 5) is 0. The molecule has 2 rings (SSSR count). The molecule has 0 fully saturated rings. The average Bonchev–Trinajstić information content (AvgIpc) is 2.42. The fraction of sp³-hybridized carbons (Fsp3) is 0.250. The van der Waals surface area contributed by atoms with Crippen LogP contribution in [0.4, 0.5) is 0 Å². The normalized spacial score (nSPS) is 12.2. The molecule has 0 aliphatic rings. The van der Waals surface area contributed by atoms with Gasteiger partial charge in [-0.05, 0) is 48.7 Å². The molecule has 1 atom stereocenters. The van der Waals surface area contributed by atoms with Crippen molar-refractivity contribution < 1.29 is 4.74 Å². The van der Waals surface area contributed by atoms with Crippen molar-refractivity contribution in [2.45, 2.75) is 19.3 Å². The maximum absolute atomic E-state index is 6.06. The van der Waals surface area contributed by atoms with Crippen LogP contribution in [0.15, 0.2) is 48.5 Å². The van der Waals surface area contributed by atoms with Gasteiger partial charge in [0, 0.05) is 0 Å². The molecule has 100 valence electrons. The van der Waals surface area contributed by atoms with E-state index in [1.54, 1.807) is 0 Å². The number of benzene rings is 2. The van der Waals surface area contributed by atoms with Gasteiger partial charge in [-0.2, -0.15) is 0 Å². The SMILES string of the molecule is CC(CCN)c1ccc(Oc2ccccc2Cl)cc1. The molecule has 0 radical (unpaired) electrons. The number of para-hydroxylation sites is 1. The van der Waals surface area contributed by atoms with Crippen LogP contribution >= 0.6 is 11.6 Å². The minimum Gasteiger partial charge on any atom is -0.456 e. The molecule has 0 aliphatic heterocycles. The third-order valence-corrected chi connectivity index (χ3v) is 3.43. The summed E-state index contributed by atoms with van der Waals surface area (Å²) in [5.74, 6) is 1.93. The third kappa shape index (κ3) is 3.72. The lowest BCUT2D eigenvalue weighted by Crippen LogP contribution is -2.04. The number of nitrogens with two attached hydrogens (primary N) is 1. The highest BCUT2D eigenvalue weighted by Crippen LogP contribution is 2.29. The van der Waals surface area contributed by atoms with E-state index in [4.69, 9.17) is 22.1 Å². The Hall–Kier alpha value is -1.51. The van der Waals surface area contributed by atoms with Crippen molar-refractivity contribution in [3.8, 4) is 11.5 Å². The summed E-state index contributed by atoms with van der Waals surface area (Å²) in [7, 11) is 0. The van der Waals surface area contributed by atoms with Gasteiger partial charge in [-0.25, -0.2) is 0 Å². The molecule has 3 heteroatoms. The molecule has 0 bridgehead atoms. The van der Waals surface area contributed by atoms with Crippen molar-refractivity contribution in [1.29, 1.82) is 0 Å². The first-order valence-electron chi connectivity index (χ1n) is 6.43. The molecular formula is C16H18ClNO. The largest absolute Gasteiger partial charge is 0.456 e. The summed E-state index contributed by atoms with van der Waals surface area (Å²) in [6.07, 6.45) is 0.991. The second kappa shape index (κ2) is 6.60. The molecule has 2 N–H and O–H groups in total. The number of rotatable bonds is 5. The van der Waals surface area contributed by atoms with Gasteiger partial charge in [-0.3, -0.25) is 0 Å². The minimum atomic E-state index is 0.472. The molecule has 1 unspecified atom stereocenters. The Morgan fingerprint density at radius 1 is 1.11 bits per heavy atom. The summed E-state index contributed by atoms with van der Waals surface area (Å²) in [5, 5.41) is 0.614. The first-order chi connectivity index (χ1) is 9.20. The molecule has 0 aromatic heterocycles. The predicted octanol–water partition coefficient (Wildman–Crippen LogP) is 4.58. The summed E-state index contributed by atoms with van der Waals surface area (Å²) >= 11 is 6.06. The fourth-order valence-corrected chi connectivity index (χ4v) is 2.11. The molecule has 0 saturated heterocycles. The van der Waals surface area contributed by atoms with Crippen LogP contribution in [0.5, 0.6) is 11.5 Å². The molecule has 0 spiro atoms. The number of halogens is 1. The molecule has 2 aromatic carbocycles. The van der Waals surface area contributed by atoms with Crippen LogP contribution in [0.3, 0.4) is 0 Å². The quantitative estimate of drug-likeness (QED) is 0.866. The lowest BCUT2D eigenvalue weighted by molar-refractivity contribution is 0.482. The van der Waals surface area contributed by atoms with Gasteiger partial charge in [0.05, 0.1) is 5.02 Å². The zero-order chi connectivity index (χ0) is 13.7. The summed E-state index contributed by atoms with van der Waals surface area (Å²) in [6.45, 7) is 2.88. The van der Waals surface area contributed by atoms with Gasteiger partial charge in [0.15, 0.2) is 0 Å². The van der Waals surface area contributed by atoms with Gasteiger partial charge in [0.2, 0.25) is 0 Å². The Morgan fingerprint density at radius 3 is 2.42 bits per heavy atom. The molecule has 0 heterocycles. The molecule has 0 aliphatic carbocycles.